The zero-order valence-electron chi connectivity index (χ0n) is 11.3. The number of non-ortho nitro benzene ring substituents is 1. The van der Waals surface area contributed by atoms with Gasteiger partial charge in [0.2, 0.25) is 0 Å². The van der Waals surface area contributed by atoms with E-state index in [2.05, 4.69) is 27.9 Å². The van der Waals surface area contributed by atoms with E-state index >= 15 is 0 Å². The normalized spacial score (nSPS) is 12.1. The predicted molar refractivity (Wildman–Crippen MR) is 87.7 cm³/mol. The predicted octanol–water partition coefficient (Wildman–Crippen LogP) is 3.84. The zero-order chi connectivity index (χ0) is 15.4. The van der Waals surface area contributed by atoms with E-state index in [0.29, 0.717) is 6.42 Å². The minimum atomic E-state index is -0.414. The molecule has 0 aliphatic carbocycles. The van der Waals surface area contributed by atoms with Gasteiger partial charge in [0.25, 0.3) is 5.69 Å². The summed E-state index contributed by atoms with van der Waals surface area (Å²) >= 11 is 2.11. The molecule has 0 aromatic heterocycles. The molecule has 0 spiro atoms. The number of halogens is 2. The van der Waals surface area contributed by atoms with Crippen molar-refractivity contribution < 1.29 is 9.31 Å². The van der Waals surface area contributed by atoms with Crippen molar-refractivity contribution in [2.45, 2.75) is 12.5 Å². The van der Waals surface area contributed by atoms with E-state index < -0.39 is 4.92 Å². The van der Waals surface area contributed by atoms with E-state index in [1.54, 1.807) is 18.2 Å². The van der Waals surface area contributed by atoms with Crippen LogP contribution in [0.25, 0.3) is 0 Å². The Bertz CT molecular complexity index is 647. The molecule has 0 aliphatic heterocycles. The van der Waals surface area contributed by atoms with Crippen LogP contribution in [-0.4, -0.2) is 12.0 Å². The van der Waals surface area contributed by atoms with Gasteiger partial charge < -0.3 is 5.32 Å². The van der Waals surface area contributed by atoms with E-state index in [-0.39, 0.29) is 17.5 Å². The van der Waals surface area contributed by atoms with Gasteiger partial charge in [-0.1, -0.05) is 18.2 Å². The van der Waals surface area contributed by atoms with Crippen molar-refractivity contribution in [2.24, 2.45) is 0 Å². The maximum Gasteiger partial charge on any atom is 0.269 e. The van der Waals surface area contributed by atoms with Gasteiger partial charge in [0, 0.05) is 21.7 Å². The van der Waals surface area contributed by atoms with Crippen LogP contribution in [0.5, 0.6) is 0 Å². The van der Waals surface area contributed by atoms with Gasteiger partial charge in [0.15, 0.2) is 0 Å². The Morgan fingerprint density at radius 1 is 1.29 bits per heavy atom. The third-order valence-corrected chi connectivity index (χ3v) is 4.21. The van der Waals surface area contributed by atoms with Crippen LogP contribution in [0.15, 0.2) is 42.5 Å². The van der Waals surface area contributed by atoms with Crippen molar-refractivity contribution in [1.82, 2.24) is 5.32 Å². The number of nitro benzene ring substituents is 1. The molecule has 6 heteroatoms. The molecule has 0 radical (unpaired) electrons. The van der Waals surface area contributed by atoms with E-state index in [1.807, 2.05) is 7.05 Å². The second-order valence-electron chi connectivity index (χ2n) is 4.63. The molecular formula is C15H14FIN2O2. The molecule has 4 nitrogen and oxygen atoms in total. The fourth-order valence-electron chi connectivity index (χ4n) is 2.14. The largest absolute Gasteiger partial charge is 0.313 e. The molecule has 0 fully saturated rings. The van der Waals surface area contributed by atoms with Crippen molar-refractivity contribution >= 4 is 28.3 Å². The SMILES string of the molecule is CNC(Cc1ccc([N+](=O)[O-])cc1)c1ccc(F)cc1I. The van der Waals surface area contributed by atoms with Crippen LogP contribution in [0.1, 0.15) is 17.2 Å². The van der Waals surface area contributed by atoms with Crippen LogP contribution < -0.4 is 5.32 Å². The van der Waals surface area contributed by atoms with Gasteiger partial charge in [-0.05, 0) is 59.3 Å². The third-order valence-electron chi connectivity index (χ3n) is 3.27. The van der Waals surface area contributed by atoms with Crippen molar-refractivity contribution in [3.05, 3.63) is 73.1 Å². The lowest BCUT2D eigenvalue weighted by atomic mass is 9.99. The van der Waals surface area contributed by atoms with Crippen molar-refractivity contribution in [3.8, 4) is 0 Å². The molecule has 0 bridgehead atoms. The summed E-state index contributed by atoms with van der Waals surface area (Å²) in [6.45, 7) is 0. The fourth-order valence-corrected chi connectivity index (χ4v) is 2.99. The van der Waals surface area contributed by atoms with E-state index in [0.717, 1.165) is 14.7 Å². The summed E-state index contributed by atoms with van der Waals surface area (Å²) in [5.41, 5.74) is 2.08. The maximum absolute atomic E-state index is 13.2. The minimum absolute atomic E-state index is 0.0268. The highest BCUT2D eigenvalue weighted by molar-refractivity contribution is 14.1. The molecule has 110 valence electrons. The number of benzene rings is 2. The third kappa shape index (κ3) is 3.98. The van der Waals surface area contributed by atoms with Crippen LogP contribution in [0, 0.1) is 19.5 Å². The first-order chi connectivity index (χ1) is 10.0. The van der Waals surface area contributed by atoms with Crippen LogP contribution in [0.4, 0.5) is 10.1 Å². The van der Waals surface area contributed by atoms with Gasteiger partial charge >= 0.3 is 0 Å². The molecule has 0 aliphatic rings. The van der Waals surface area contributed by atoms with Gasteiger partial charge in [0.05, 0.1) is 4.92 Å². The lowest BCUT2D eigenvalue weighted by Crippen LogP contribution is -2.20. The monoisotopic (exact) mass is 400 g/mol. The minimum Gasteiger partial charge on any atom is -0.313 e. The first-order valence-electron chi connectivity index (χ1n) is 6.37. The van der Waals surface area contributed by atoms with Crippen LogP contribution in [-0.2, 0) is 6.42 Å². The van der Waals surface area contributed by atoms with Gasteiger partial charge in [-0.15, -0.1) is 0 Å². The van der Waals surface area contributed by atoms with Crippen LogP contribution in [0.3, 0.4) is 0 Å². The van der Waals surface area contributed by atoms with Gasteiger partial charge in [-0.25, -0.2) is 4.39 Å². The van der Waals surface area contributed by atoms with Crippen molar-refractivity contribution in [1.29, 1.82) is 0 Å². The van der Waals surface area contributed by atoms with Gasteiger partial charge in [0.1, 0.15) is 5.82 Å². The topological polar surface area (TPSA) is 55.2 Å². The standard InChI is InChI=1S/C15H14FIN2O2/c1-18-15(13-7-4-11(16)9-14(13)17)8-10-2-5-12(6-3-10)19(20)21/h2-7,9,15,18H,8H2,1H3. The Morgan fingerprint density at radius 3 is 2.48 bits per heavy atom. The van der Waals surface area contributed by atoms with Crippen LogP contribution in [0.2, 0.25) is 0 Å². The molecule has 1 atom stereocenters. The molecule has 2 rings (SSSR count). The number of nitrogens with one attached hydrogen (secondary N) is 1. The molecular weight excluding hydrogens is 386 g/mol. The number of nitrogens with zero attached hydrogens (tertiary/aromatic N) is 1. The Balaban J connectivity index is 2.20. The van der Waals surface area contributed by atoms with E-state index in [1.165, 1.54) is 24.3 Å². The molecule has 0 amide bonds. The zero-order valence-corrected chi connectivity index (χ0v) is 13.5. The summed E-state index contributed by atoms with van der Waals surface area (Å²) in [6.07, 6.45) is 0.677. The summed E-state index contributed by atoms with van der Waals surface area (Å²) < 4.78 is 14.0. The summed E-state index contributed by atoms with van der Waals surface area (Å²) in [4.78, 5) is 10.2. The number of nitro groups is 1. The molecule has 1 N–H and O–H groups in total. The van der Waals surface area contributed by atoms with E-state index in [9.17, 15) is 14.5 Å². The van der Waals surface area contributed by atoms with Crippen molar-refractivity contribution in [3.63, 3.8) is 0 Å². The Morgan fingerprint density at radius 2 is 1.95 bits per heavy atom. The van der Waals surface area contributed by atoms with Crippen LogP contribution >= 0.6 is 22.6 Å². The average molecular weight is 400 g/mol. The molecule has 0 saturated carbocycles. The lowest BCUT2D eigenvalue weighted by molar-refractivity contribution is -0.384. The number of hydrogen-bond donors (Lipinski definition) is 1. The first kappa shape index (κ1) is 15.8. The van der Waals surface area contributed by atoms with Gasteiger partial charge in [-0.3, -0.25) is 10.1 Å². The number of likely N-dealkylation sites (N-methyl/N-ethyl adjacent to an activating group) is 1. The fraction of sp³-hybridized carbons (Fsp3) is 0.200. The highest BCUT2D eigenvalue weighted by Crippen LogP contribution is 2.25. The average Bonchev–Trinajstić information content (AvgIpc) is 2.46. The number of rotatable bonds is 5. The van der Waals surface area contributed by atoms with Gasteiger partial charge in [-0.2, -0.15) is 0 Å². The molecule has 2 aromatic carbocycles. The van der Waals surface area contributed by atoms with E-state index in [4.69, 9.17) is 0 Å². The quantitative estimate of drug-likeness (QED) is 0.472. The molecule has 2 aromatic rings. The Kier molecular flexibility index (Phi) is 5.24. The highest BCUT2D eigenvalue weighted by atomic mass is 127. The molecule has 0 saturated heterocycles. The molecule has 0 heterocycles. The second-order valence-corrected chi connectivity index (χ2v) is 5.80. The highest BCUT2D eigenvalue weighted by Gasteiger charge is 2.14. The smallest absolute Gasteiger partial charge is 0.269 e. The van der Waals surface area contributed by atoms with Crippen molar-refractivity contribution in [2.75, 3.05) is 7.05 Å². The summed E-state index contributed by atoms with van der Waals surface area (Å²) in [5.74, 6) is -0.256. The summed E-state index contributed by atoms with van der Waals surface area (Å²) in [5, 5.41) is 13.8. The Labute approximate surface area is 135 Å². The first-order valence-corrected chi connectivity index (χ1v) is 7.44. The number of hydrogen-bond acceptors (Lipinski definition) is 3. The maximum atomic E-state index is 13.2. The Hall–Kier alpha value is -1.54. The molecule has 21 heavy (non-hydrogen) atoms. The summed E-state index contributed by atoms with van der Waals surface area (Å²) in [7, 11) is 1.84. The summed E-state index contributed by atoms with van der Waals surface area (Å²) in [6, 6.07) is 11.2. The second kappa shape index (κ2) is 6.95. The molecule has 1 unspecified atom stereocenters. The lowest BCUT2D eigenvalue weighted by Gasteiger charge is -2.18.